The normalized spacial score (nSPS) is 11.2. The van der Waals surface area contributed by atoms with Crippen molar-refractivity contribution in [1.82, 2.24) is 19.5 Å². The first-order valence-electron chi connectivity index (χ1n) is 10.7. The molecule has 0 amide bonds. The van der Waals surface area contributed by atoms with Gasteiger partial charge in [-0.2, -0.15) is 0 Å². The standard InChI is InChI=1S/C26H22N4O2S/c1-3-32-19-14-12-18(13-15-19)30-25(31)21-9-5-7-11-23(21)29-26(30)33-16-24-27-17(2)20-8-4-6-10-22(20)28-24/h4-15H,3,16H2,1-2H3. The van der Waals surface area contributed by atoms with E-state index in [0.717, 1.165) is 28.0 Å². The van der Waals surface area contributed by atoms with Crippen molar-refractivity contribution in [3.63, 3.8) is 0 Å². The van der Waals surface area contributed by atoms with Gasteiger partial charge in [-0.05, 0) is 56.3 Å². The Morgan fingerprint density at radius 1 is 0.848 bits per heavy atom. The number of ether oxygens (including phenoxy) is 1. The Morgan fingerprint density at radius 2 is 1.52 bits per heavy atom. The van der Waals surface area contributed by atoms with Crippen molar-refractivity contribution in [2.24, 2.45) is 0 Å². The molecule has 6 nitrogen and oxygen atoms in total. The zero-order chi connectivity index (χ0) is 22.8. The number of aromatic nitrogens is 4. The van der Waals surface area contributed by atoms with Crippen LogP contribution in [-0.2, 0) is 5.75 Å². The van der Waals surface area contributed by atoms with Gasteiger partial charge in [0.25, 0.3) is 5.56 Å². The quantitative estimate of drug-likeness (QED) is 0.255. The van der Waals surface area contributed by atoms with Crippen LogP contribution in [0.3, 0.4) is 0 Å². The molecule has 0 saturated carbocycles. The molecule has 0 bridgehead atoms. The van der Waals surface area contributed by atoms with Crippen molar-refractivity contribution in [2.75, 3.05) is 6.61 Å². The van der Waals surface area contributed by atoms with Crippen LogP contribution < -0.4 is 10.3 Å². The van der Waals surface area contributed by atoms with Gasteiger partial charge in [0.15, 0.2) is 5.16 Å². The molecule has 164 valence electrons. The Labute approximate surface area is 195 Å². The number of thioether (sulfide) groups is 1. The van der Waals surface area contributed by atoms with E-state index in [1.807, 2.05) is 80.6 Å². The fraction of sp³-hybridized carbons (Fsp3) is 0.154. The van der Waals surface area contributed by atoms with Gasteiger partial charge in [-0.3, -0.25) is 9.36 Å². The van der Waals surface area contributed by atoms with Gasteiger partial charge < -0.3 is 4.74 Å². The lowest BCUT2D eigenvalue weighted by Crippen LogP contribution is -2.21. The lowest BCUT2D eigenvalue weighted by molar-refractivity contribution is 0.340. The molecule has 5 aromatic rings. The van der Waals surface area contributed by atoms with E-state index in [2.05, 4.69) is 4.98 Å². The largest absolute Gasteiger partial charge is 0.494 e. The second-order valence-corrected chi connectivity index (χ2v) is 8.45. The molecule has 0 aliphatic carbocycles. The Morgan fingerprint density at radius 3 is 2.24 bits per heavy atom. The second-order valence-electron chi connectivity index (χ2n) is 7.51. The van der Waals surface area contributed by atoms with Gasteiger partial charge in [0.05, 0.1) is 34.5 Å². The summed E-state index contributed by atoms with van der Waals surface area (Å²) in [6, 6.07) is 22.9. The summed E-state index contributed by atoms with van der Waals surface area (Å²) < 4.78 is 7.20. The Balaban J connectivity index is 1.57. The zero-order valence-corrected chi connectivity index (χ0v) is 19.2. The molecule has 0 radical (unpaired) electrons. The number of benzene rings is 3. The highest BCUT2D eigenvalue weighted by molar-refractivity contribution is 7.98. The number of nitrogens with zero attached hydrogens (tertiary/aromatic N) is 4. The maximum absolute atomic E-state index is 13.4. The van der Waals surface area contributed by atoms with E-state index in [1.165, 1.54) is 11.8 Å². The van der Waals surface area contributed by atoms with Crippen LogP contribution in [0.2, 0.25) is 0 Å². The third-order valence-electron chi connectivity index (χ3n) is 5.32. The summed E-state index contributed by atoms with van der Waals surface area (Å²) in [4.78, 5) is 27.6. The van der Waals surface area contributed by atoms with Gasteiger partial charge >= 0.3 is 0 Å². The highest BCUT2D eigenvalue weighted by Gasteiger charge is 2.15. The van der Waals surface area contributed by atoms with Crippen molar-refractivity contribution in [2.45, 2.75) is 24.8 Å². The predicted octanol–water partition coefficient (Wildman–Crippen LogP) is 5.33. The highest BCUT2D eigenvalue weighted by atomic mass is 32.2. The van der Waals surface area contributed by atoms with Crippen LogP contribution in [0.5, 0.6) is 5.75 Å². The molecule has 0 spiro atoms. The summed E-state index contributed by atoms with van der Waals surface area (Å²) in [7, 11) is 0. The highest BCUT2D eigenvalue weighted by Crippen LogP contribution is 2.26. The van der Waals surface area contributed by atoms with Crippen molar-refractivity contribution in [1.29, 1.82) is 0 Å². The first-order valence-corrected chi connectivity index (χ1v) is 11.7. The average molecular weight is 455 g/mol. The van der Waals surface area contributed by atoms with E-state index < -0.39 is 0 Å². The molecule has 3 aromatic carbocycles. The van der Waals surface area contributed by atoms with Gasteiger partial charge in [-0.15, -0.1) is 0 Å². The van der Waals surface area contributed by atoms with Gasteiger partial charge in [0.1, 0.15) is 11.6 Å². The predicted molar refractivity (Wildman–Crippen MR) is 132 cm³/mol. The van der Waals surface area contributed by atoms with Gasteiger partial charge in [0.2, 0.25) is 0 Å². The van der Waals surface area contributed by atoms with Crippen molar-refractivity contribution >= 4 is 33.6 Å². The lowest BCUT2D eigenvalue weighted by atomic mass is 10.2. The molecule has 0 aliphatic heterocycles. The van der Waals surface area contributed by atoms with E-state index in [-0.39, 0.29) is 5.56 Å². The Bertz CT molecular complexity index is 1510. The first kappa shape index (κ1) is 21.2. The van der Waals surface area contributed by atoms with Gasteiger partial charge in [0, 0.05) is 11.1 Å². The molecule has 2 heterocycles. The number of hydrogen-bond donors (Lipinski definition) is 0. The molecule has 33 heavy (non-hydrogen) atoms. The Kier molecular flexibility index (Phi) is 5.79. The topological polar surface area (TPSA) is 69.9 Å². The third kappa shape index (κ3) is 4.19. The number of rotatable bonds is 6. The van der Waals surface area contributed by atoms with Crippen LogP contribution in [0.25, 0.3) is 27.5 Å². The summed E-state index contributed by atoms with van der Waals surface area (Å²) >= 11 is 1.45. The fourth-order valence-electron chi connectivity index (χ4n) is 3.78. The molecular weight excluding hydrogens is 432 g/mol. The molecule has 5 rings (SSSR count). The van der Waals surface area contributed by atoms with Crippen LogP contribution in [0.4, 0.5) is 0 Å². The minimum atomic E-state index is -0.108. The van der Waals surface area contributed by atoms with Crippen LogP contribution in [-0.4, -0.2) is 26.1 Å². The molecule has 2 aromatic heterocycles. The van der Waals surface area contributed by atoms with E-state index in [0.29, 0.717) is 34.2 Å². The molecule has 0 saturated heterocycles. The summed E-state index contributed by atoms with van der Waals surface area (Å²) in [5.41, 5.74) is 3.15. The zero-order valence-electron chi connectivity index (χ0n) is 18.4. The fourth-order valence-corrected chi connectivity index (χ4v) is 4.65. The minimum absolute atomic E-state index is 0.108. The molecule has 0 aliphatic rings. The lowest BCUT2D eigenvalue weighted by Gasteiger charge is -2.14. The van der Waals surface area contributed by atoms with Crippen molar-refractivity contribution in [3.8, 4) is 11.4 Å². The van der Waals surface area contributed by atoms with Gasteiger partial charge in [-0.1, -0.05) is 42.1 Å². The van der Waals surface area contributed by atoms with E-state index >= 15 is 0 Å². The summed E-state index contributed by atoms with van der Waals surface area (Å²) in [5, 5.41) is 2.21. The summed E-state index contributed by atoms with van der Waals surface area (Å²) in [6.07, 6.45) is 0. The monoisotopic (exact) mass is 454 g/mol. The molecule has 0 N–H and O–H groups in total. The SMILES string of the molecule is CCOc1ccc(-n2c(SCc3nc(C)c4ccccc4n3)nc3ccccc3c2=O)cc1. The van der Waals surface area contributed by atoms with E-state index in [9.17, 15) is 4.79 Å². The minimum Gasteiger partial charge on any atom is -0.494 e. The average Bonchev–Trinajstić information content (AvgIpc) is 2.84. The molecule has 0 atom stereocenters. The van der Waals surface area contributed by atoms with Crippen LogP contribution in [0, 0.1) is 6.92 Å². The third-order valence-corrected chi connectivity index (χ3v) is 6.26. The number of hydrogen-bond acceptors (Lipinski definition) is 6. The number of fused-ring (bicyclic) bond motifs is 2. The van der Waals surface area contributed by atoms with Crippen molar-refractivity contribution in [3.05, 3.63) is 94.7 Å². The van der Waals surface area contributed by atoms with E-state index in [1.54, 1.807) is 10.6 Å². The summed E-state index contributed by atoms with van der Waals surface area (Å²) in [6.45, 7) is 4.52. The maximum Gasteiger partial charge on any atom is 0.266 e. The second kappa shape index (κ2) is 9.03. The molecule has 7 heteroatoms. The van der Waals surface area contributed by atoms with Crippen molar-refractivity contribution < 1.29 is 4.74 Å². The van der Waals surface area contributed by atoms with Crippen LogP contribution in [0.15, 0.2) is 82.7 Å². The molecular formula is C26H22N4O2S. The smallest absolute Gasteiger partial charge is 0.266 e. The van der Waals surface area contributed by atoms with Gasteiger partial charge in [-0.25, -0.2) is 15.0 Å². The van der Waals surface area contributed by atoms with E-state index in [4.69, 9.17) is 14.7 Å². The maximum atomic E-state index is 13.4. The van der Waals surface area contributed by atoms with Crippen LogP contribution in [0.1, 0.15) is 18.4 Å². The number of para-hydroxylation sites is 2. The molecule has 0 unspecified atom stereocenters. The van der Waals surface area contributed by atoms with Crippen LogP contribution >= 0.6 is 11.8 Å². The number of aryl methyl sites for hydroxylation is 1. The molecule has 0 fully saturated rings. The Hall–Kier alpha value is -3.71. The summed E-state index contributed by atoms with van der Waals surface area (Å²) in [5.74, 6) is 1.96. The first-order chi connectivity index (χ1) is 16.1.